The SMILES string of the molecule is Cl.Cl.O=C(O)C[C@@H]1CCN(CCCc2ccccc2)C[C@@H]1Cc1nc2ccncc2[nH]1. The van der Waals surface area contributed by atoms with Crippen LogP contribution in [0.3, 0.4) is 0 Å². The highest BCUT2D eigenvalue weighted by atomic mass is 35.5. The minimum atomic E-state index is -0.702. The number of imidazole rings is 1. The molecule has 6 nitrogen and oxygen atoms in total. The molecule has 1 aromatic carbocycles. The molecule has 0 radical (unpaired) electrons. The van der Waals surface area contributed by atoms with E-state index >= 15 is 0 Å². The van der Waals surface area contributed by atoms with E-state index in [2.05, 4.69) is 50.2 Å². The largest absolute Gasteiger partial charge is 0.481 e. The number of hydrogen-bond acceptors (Lipinski definition) is 4. The van der Waals surface area contributed by atoms with Crippen molar-refractivity contribution in [1.82, 2.24) is 19.9 Å². The predicted molar refractivity (Wildman–Crippen MR) is 127 cm³/mol. The molecule has 1 aliphatic heterocycles. The van der Waals surface area contributed by atoms with Gasteiger partial charge in [-0.3, -0.25) is 9.78 Å². The molecule has 0 saturated carbocycles. The fourth-order valence-corrected chi connectivity index (χ4v) is 4.49. The number of nitrogens with zero attached hydrogens (tertiary/aromatic N) is 3. The van der Waals surface area contributed by atoms with Crippen LogP contribution in [0.2, 0.25) is 0 Å². The average molecular weight is 465 g/mol. The molecular formula is C23H30Cl2N4O2. The maximum Gasteiger partial charge on any atom is 0.303 e. The van der Waals surface area contributed by atoms with Crippen molar-refractivity contribution < 1.29 is 9.90 Å². The lowest BCUT2D eigenvalue weighted by Gasteiger charge is -2.38. The zero-order valence-corrected chi connectivity index (χ0v) is 19.1. The smallest absolute Gasteiger partial charge is 0.303 e. The molecule has 1 saturated heterocycles. The third kappa shape index (κ3) is 6.92. The lowest BCUT2D eigenvalue weighted by Crippen LogP contribution is -2.42. The lowest BCUT2D eigenvalue weighted by molar-refractivity contribution is -0.139. The van der Waals surface area contributed by atoms with Gasteiger partial charge in [0.15, 0.2) is 0 Å². The highest BCUT2D eigenvalue weighted by molar-refractivity contribution is 5.85. The van der Waals surface area contributed by atoms with Gasteiger partial charge in [0, 0.05) is 25.6 Å². The highest BCUT2D eigenvalue weighted by Gasteiger charge is 2.31. The van der Waals surface area contributed by atoms with Crippen LogP contribution in [0.15, 0.2) is 48.8 Å². The third-order valence-electron chi connectivity index (χ3n) is 5.98. The standard InChI is InChI=1S/C23H28N4O2.2ClH/c28-23(29)14-18-9-12-27(11-4-7-17-5-2-1-3-6-17)16-19(18)13-22-25-20-8-10-24-15-21(20)26-22;;/h1-3,5-6,8,10,15,18-19H,4,7,9,11-14,16H2,(H,25,26)(H,28,29);2*1H/t18-,19-;;/m0../s1. The summed E-state index contributed by atoms with van der Waals surface area (Å²) in [6.45, 7) is 2.96. The van der Waals surface area contributed by atoms with Crippen LogP contribution in [0, 0.1) is 11.8 Å². The third-order valence-corrected chi connectivity index (χ3v) is 5.98. The number of carbonyl (C=O) groups is 1. The van der Waals surface area contributed by atoms with Crippen molar-refractivity contribution in [3.63, 3.8) is 0 Å². The quantitative estimate of drug-likeness (QED) is 0.516. The summed E-state index contributed by atoms with van der Waals surface area (Å²) in [4.78, 5) is 26.1. The van der Waals surface area contributed by atoms with Crippen molar-refractivity contribution >= 4 is 41.8 Å². The summed E-state index contributed by atoms with van der Waals surface area (Å²) in [5, 5.41) is 9.35. The summed E-state index contributed by atoms with van der Waals surface area (Å²) < 4.78 is 0. The van der Waals surface area contributed by atoms with Crippen LogP contribution < -0.4 is 0 Å². The second-order valence-electron chi connectivity index (χ2n) is 8.08. The minimum absolute atomic E-state index is 0. The van der Waals surface area contributed by atoms with Crippen LogP contribution in [0.1, 0.15) is 30.7 Å². The number of carboxylic acid groups (broad SMARTS) is 1. The fraction of sp³-hybridized carbons (Fsp3) is 0.435. The molecule has 0 bridgehead atoms. The molecule has 0 amide bonds. The van der Waals surface area contributed by atoms with E-state index in [9.17, 15) is 9.90 Å². The molecule has 0 spiro atoms. The van der Waals surface area contributed by atoms with Crippen LogP contribution in [-0.2, 0) is 17.6 Å². The van der Waals surface area contributed by atoms with Crippen LogP contribution in [-0.4, -0.2) is 50.6 Å². The van der Waals surface area contributed by atoms with Crippen molar-refractivity contribution in [2.75, 3.05) is 19.6 Å². The zero-order chi connectivity index (χ0) is 20.1. The molecule has 8 heteroatoms. The summed E-state index contributed by atoms with van der Waals surface area (Å²) >= 11 is 0. The number of H-pyrrole nitrogens is 1. The predicted octanol–water partition coefficient (Wildman–Crippen LogP) is 4.39. The van der Waals surface area contributed by atoms with Gasteiger partial charge in [0.05, 0.1) is 17.2 Å². The normalized spacial score (nSPS) is 18.8. The molecule has 2 aromatic heterocycles. The van der Waals surface area contributed by atoms with Gasteiger partial charge in [0.2, 0.25) is 0 Å². The molecular weight excluding hydrogens is 435 g/mol. The van der Waals surface area contributed by atoms with E-state index in [1.165, 1.54) is 5.56 Å². The van der Waals surface area contributed by atoms with E-state index in [1.807, 2.05) is 6.07 Å². The Labute approximate surface area is 195 Å². The number of aryl methyl sites for hydroxylation is 1. The molecule has 0 aliphatic carbocycles. The first-order chi connectivity index (χ1) is 14.2. The van der Waals surface area contributed by atoms with Crippen LogP contribution in [0.25, 0.3) is 11.0 Å². The van der Waals surface area contributed by atoms with Gasteiger partial charge in [0.1, 0.15) is 5.82 Å². The minimum Gasteiger partial charge on any atom is -0.481 e. The Bertz CT molecular complexity index is 918. The Balaban J connectivity index is 0.00000171. The Hall–Kier alpha value is -2.15. The zero-order valence-electron chi connectivity index (χ0n) is 17.4. The number of hydrogen-bond donors (Lipinski definition) is 2. The van der Waals surface area contributed by atoms with Crippen molar-refractivity contribution in [2.24, 2.45) is 11.8 Å². The van der Waals surface area contributed by atoms with Gasteiger partial charge in [-0.25, -0.2) is 4.98 Å². The van der Waals surface area contributed by atoms with Crippen molar-refractivity contribution in [3.05, 3.63) is 60.2 Å². The van der Waals surface area contributed by atoms with E-state index in [-0.39, 0.29) is 37.2 Å². The lowest BCUT2D eigenvalue weighted by atomic mass is 9.81. The summed E-state index contributed by atoms with van der Waals surface area (Å²) in [6, 6.07) is 12.5. The number of rotatable bonds is 8. The number of nitrogens with one attached hydrogen (secondary N) is 1. The van der Waals surface area contributed by atoms with Crippen LogP contribution in [0.5, 0.6) is 0 Å². The Morgan fingerprint density at radius 1 is 1.16 bits per heavy atom. The Morgan fingerprint density at radius 3 is 2.71 bits per heavy atom. The van der Waals surface area contributed by atoms with Gasteiger partial charge < -0.3 is 15.0 Å². The van der Waals surface area contributed by atoms with E-state index in [1.54, 1.807) is 12.4 Å². The van der Waals surface area contributed by atoms with E-state index in [4.69, 9.17) is 0 Å². The number of benzene rings is 1. The molecule has 2 atom stereocenters. The van der Waals surface area contributed by atoms with Crippen LogP contribution in [0.4, 0.5) is 0 Å². The van der Waals surface area contributed by atoms with E-state index in [0.29, 0.717) is 5.92 Å². The van der Waals surface area contributed by atoms with Crippen molar-refractivity contribution in [2.45, 2.75) is 32.1 Å². The maximum absolute atomic E-state index is 11.4. The molecule has 1 aliphatic rings. The number of fused-ring (bicyclic) bond motifs is 1. The molecule has 4 rings (SSSR count). The highest BCUT2D eigenvalue weighted by Crippen LogP contribution is 2.29. The van der Waals surface area contributed by atoms with Crippen molar-refractivity contribution in [3.8, 4) is 0 Å². The van der Waals surface area contributed by atoms with Crippen molar-refractivity contribution in [1.29, 1.82) is 0 Å². The van der Waals surface area contributed by atoms with Gasteiger partial charge in [-0.1, -0.05) is 30.3 Å². The topological polar surface area (TPSA) is 82.1 Å². The maximum atomic E-state index is 11.4. The summed E-state index contributed by atoms with van der Waals surface area (Å²) in [5.41, 5.74) is 3.23. The first-order valence-corrected chi connectivity index (χ1v) is 10.4. The summed E-state index contributed by atoms with van der Waals surface area (Å²) in [7, 11) is 0. The van der Waals surface area contributed by atoms with Gasteiger partial charge in [-0.15, -0.1) is 24.8 Å². The molecule has 3 aromatic rings. The fourth-order valence-electron chi connectivity index (χ4n) is 4.49. The number of aromatic nitrogens is 3. The monoisotopic (exact) mass is 464 g/mol. The van der Waals surface area contributed by atoms with Gasteiger partial charge in [-0.05, 0) is 55.8 Å². The average Bonchev–Trinajstić information content (AvgIpc) is 3.13. The molecule has 0 unspecified atom stereocenters. The van der Waals surface area contributed by atoms with Gasteiger partial charge >= 0.3 is 5.97 Å². The molecule has 31 heavy (non-hydrogen) atoms. The first kappa shape index (κ1) is 25.1. The number of aromatic amines is 1. The molecule has 168 valence electrons. The number of aliphatic carboxylic acids is 1. The first-order valence-electron chi connectivity index (χ1n) is 10.4. The number of pyridine rings is 1. The second kappa shape index (κ2) is 12.0. The Morgan fingerprint density at radius 2 is 1.97 bits per heavy atom. The van der Waals surface area contributed by atoms with E-state index < -0.39 is 5.97 Å². The Kier molecular flexibility index (Phi) is 9.75. The summed E-state index contributed by atoms with van der Waals surface area (Å²) in [6.07, 6.45) is 7.69. The summed E-state index contributed by atoms with van der Waals surface area (Å²) in [5.74, 6) is 0.722. The van der Waals surface area contributed by atoms with E-state index in [0.717, 1.165) is 62.2 Å². The number of halogens is 2. The molecule has 3 heterocycles. The number of carboxylic acids is 1. The molecule has 2 N–H and O–H groups in total. The van der Waals surface area contributed by atoms with Crippen LogP contribution >= 0.6 is 24.8 Å². The number of likely N-dealkylation sites (tertiary alicyclic amines) is 1. The number of piperidine rings is 1. The second-order valence-corrected chi connectivity index (χ2v) is 8.08. The van der Waals surface area contributed by atoms with Gasteiger partial charge in [-0.2, -0.15) is 0 Å². The van der Waals surface area contributed by atoms with Gasteiger partial charge in [0.25, 0.3) is 0 Å². The molecule has 1 fully saturated rings.